The summed E-state index contributed by atoms with van der Waals surface area (Å²) >= 11 is 0. The van der Waals surface area contributed by atoms with E-state index >= 15 is 0 Å². The molecule has 4 nitrogen and oxygen atoms in total. The summed E-state index contributed by atoms with van der Waals surface area (Å²) in [6.07, 6.45) is 3.77. The zero-order valence-electron chi connectivity index (χ0n) is 17.6. The van der Waals surface area contributed by atoms with Crippen LogP contribution in [-0.4, -0.2) is 26.6 Å². The van der Waals surface area contributed by atoms with Crippen LogP contribution in [-0.2, 0) is 39.3 Å². The number of nitrogens with one attached hydrogen (secondary N) is 1. The molecule has 3 rings (SSSR count). The Labute approximate surface area is 174 Å². The van der Waals surface area contributed by atoms with Crippen molar-refractivity contribution >= 4 is 15.7 Å². The van der Waals surface area contributed by atoms with Crippen molar-refractivity contribution in [2.45, 2.75) is 63.2 Å². The normalized spacial score (nSPS) is 13.9. The maximum absolute atomic E-state index is 12.6. The molecule has 0 radical (unpaired) electrons. The summed E-state index contributed by atoms with van der Waals surface area (Å²) in [6, 6.07) is 13.8. The largest absolute Gasteiger partial charge is 0.356 e. The molecule has 0 fully saturated rings. The minimum absolute atomic E-state index is 0.0115. The number of aryl methyl sites for hydroxylation is 2. The average Bonchev–Trinajstić information content (AvgIpc) is 3.14. The third-order valence-electron chi connectivity index (χ3n) is 5.58. The van der Waals surface area contributed by atoms with Crippen molar-refractivity contribution in [2.75, 3.05) is 12.3 Å². The number of hydrogen-bond acceptors (Lipinski definition) is 3. The second-order valence-electron chi connectivity index (χ2n) is 8.90. The van der Waals surface area contributed by atoms with Crippen LogP contribution in [0.5, 0.6) is 0 Å². The van der Waals surface area contributed by atoms with Crippen molar-refractivity contribution in [3.63, 3.8) is 0 Å². The standard InChI is InChI=1S/C24H31NO3S/c1-24(2,3)21-10-7-18(8-11-21)13-15-25-23(26)14-16-29(27,28)22-12-9-19-5-4-6-20(19)17-22/h7-12,17H,4-6,13-16H2,1-3H3,(H,25,26). The van der Waals surface area contributed by atoms with E-state index in [1.807, 2.05) is 6.07 Å². The molecule has 0 saturated carbocycles. The van der Waals surface area contributed by atoms with E-state index in [1.165, 1.54) is 11.1 Å². The first-order chi connectivity index (χ1) is 13.6. The molecule has 1 aliphatic carbocycles. The highest BCUT2D eigenvalue weighted by molar-refractivity contribution is 7.91. The second-order valence-corrected chi connectivity index (χ2v) is 11.0. The molecule has 0 bridgehead atoms. The van der Waals surface area contributed by atoms with E-state index in [0.29, 0.717) is 11.4 Å². The molecular formula is C24H31NO3S. The van der Waals surface area contributed by atoms with Gasteiger partial charge in [0.05, 0.1) is 10.6 Å². The third kappa shape index (κ3) is 5.69. The molecule has 1 aliphatic rings. The first kappa shape index (κ1) is 21.6. The lowest BCUT2D eigenvalue weighted by Gasteiger charge is -2.19. The van der Waals surface area contributed by atoms with Crippen molar-refractivity contribution in [1.82, 2.24) is 5.32 Å². The molecule has 1 N–H and O–H groups in total. The van der Waals surface area contributed by atoms with Gasteiger partial charge in [-0.1, -0.05) is 51.1 Å². The maximum Gasteiger partial charge on any atom is 0.221 e. The van der Waals surface area contributed by atoms with Crippen LogP contribution in [0.3, 0.4) is 0 Å². The van der Waals surface area contributed by atoms with E-state index in [1.54, 1.807) is 12.1 Å². The van der Waals surface area contributed by atoms with Crippen molar-refractivity contribution in [1.29, 1.82) is 0 Å². The summed E-state index contributed by atoms with van der Waals surface area (Å²) in [4.78, 5) is 12.4. The monoisotopic (exact) mass is 413 g/mol. The molecule has 2 aromatic carbocycles. The Balaban J connectivity index is 1.46. The van der Waals surface area contributed by atoms with Crippen molar-refractivity contribution in [3.05, 3.63) is 64.7 Å². The minimum atomic E-state index is -3.43. The Morgan fingerprint density at radius 3 is 2.38 bits per heavy atom. The molecule has 156 valence electrons. The zero-order valence-corrected chi connectivity index (χ0v) is 18.4. The number of carbonyl (C=O) groups is 1. The molecule has 0 unspecified atom stereocenters. The van der Waals surface area contributed by atoms with Gasteiger partial charge in [0.15, 0.2) is 9.84 Å². The number of benzene rings is 2. The van der Waals surface area contributed by atoms with Crippen molar-refractivity contribution in [3.8, 4) is 0 Å². The molecule has 0 spiro atoms. The fourth-order valence-electron chi connectivity index (χ4n) is 3.69. The van der Waals surface area contributed by atoms with Gasteiger partial charge in [0.2, 0.25) is 5.91 Å². The van der Waals surface area contributed by atoms with Crippen LogP contribution in [0.1, 0.15) is 55.9 Å². The highest BCUT2D eigenvalue weighted by atomic mass is 32.2. The molecule has 0 aromatic heterocycles. The molecule has 0 aliphatic heterocycles. The maximum atomic E-state index is 12.6. The van der Waals surface area contributed by atoms with Crippen LogP contribution in [0.2, 0.25) is 0 Å². The molecule has 0 heterocycles. The molecule has 1 amide bonds. The number of carbonyl (C=O) groups excluding carboxylic acids is 1. The Kier molecular flexibility index (Phi) is 6.47. The summed E-state index contributed by atoms with van der Waals surface area (Å²) in [6.45, 7) is 7.05. The van der Waals surface area contributed by atoms with Crippen LogP contribution < -0.4 is 5.32 Å². The zero-order chi connectivity index (χ0) is 21.1. The van der Waals surface area contributed by atoms with Gasteiger partial charge in [0.1, 0.15) is 0 Å². The lowest BCUT2D eigenvalue weighted by molar-refractivity contribution is -0.120. The van der Waals surface area contributed by atoms with Gasteiger partial charge in [-0.2, -0.15) is 0 Å². The number of rotatable bonds is 7. The van der Waals surface area contributed by atoms with Gasteiger partial charge < -0.3 is 5.32 Å². The summed E-state index contributed by atoms with van der Waals surface area (Å²) in [5.74, 6) is -0.376. The SMILES string of the molecule is CC(C)(C)c1ccc(CCNC(=O)CCS(=O)(=O)c2ccc3c(c2)CCC3)cc1. The van der Waals surface area contributed by atoms with Gasteiger partial charge in [0.25, 0.3) is 0 Å². The molecule has 0 atom stereocenters. The second kappa shape index (κ2) is 8.70. The molecular weight excluding hydrogens is 382 g/mol. The summed E-state index contributed by atoms with van der Waals surface area (Å²) in [5, 5.41) is 2.84. The van der Waals surface area contributed by atoms with E-state index < -0.39 is 9.84 Å². The molecule has 2 aromatic rings. The van der Waals surface area contributed by atoms with E-state index in [4.69, 9.17) is 0 Å². The first-order valence-electron chi connectivity index (χ1n) is 10.4. The fourth-order valence-corrected chi connectivity index (χ4v) is 4.98. The third-order valence-corrected chi connectivity index (χ3v) is 7.30. The van der Waals surface area contributed by atoms with Crippen molar-refractivity contribution < 1.29 is 13.2 Å². The molecule has 0 saturated heterocycles. The number of fused-ring (bicyclic) bond motifs is 1. The van der Waals surface area contributed by atoms with E-state index in [0.717, 1.165) is 36.8 Å². The average molecular weight is 414 g/mol. The fraction of sp³-hybridized carbons (Fsp3) is 0.458. The number of hydrogen-bond donors (Lipinski definition) is 1. The Morgan fingerprint density at radius 2 is 1.69 bits per heavy atom. The van der Waals surface area contributed by atoms with E-state index in [-0.39, 0.29) is 23.5 Å². The quantitative estimate of drug-likeness (QED) is 0.746. The van der Waals surface area contributed by atoms with Crippen LogP contribution in [0.4, 0.5) is 0 Å². The van der Waals surface area contributed by atoms with Crippen LogP contribution >= 0.6 is 0 Å². The lowest BCUT2D eigenvalue weighted by Crippen LogP contribution is -2.27. The highest BCUT2D eigenvalue weighted by Crippen LogP contribution is 2.25. The first-order valence-corrected chi connectivity index (χ1v) is 12.0. The Hall–Kier alpha value is -2.14. The van der Waals surface area contributed by atoms with Gasteiger partial charge in [-0.3, -0.25) is 4.79 Å². The van der Waals surface area contributed by atoms with Crippen molar-refractivity contribution in [2.24, 2.45) is 0 Å². The number of sulfone groups is 1. The molecule has 29 heavy (non-hydrogen) atoms. The van der Waals surface area contributed by atoms with E-state index in [9.17, 15) is 13.2 Å². The van der Waals surface area contributed by atoms with Gasteiger partial charge in [-0.25, -0.2) is 8.42 Å². The predicted molar refractivity (Wildman–Crippen MR) is 117 cm³/mol. The molecule has 5 heteroatoms. The van der Waals surface area contributed by atoms with E-state index in [2.05, 4.69) is 50.4 Å². The number of amides is 1. The van der Waals surface area contributed by atoms with Gasteiger partial charge in [-0.05, 0) is 65.5 Å². The topological polar surface area (TPSA) is 63.2 Å². The Bertz CT molecular complexity index is 970. The van der Waals surface area contributed by atoms with Gasteiger partial charge in [0, 0.05) is 13.0 Å². The summed E-state index contributed by atoms with van der Waals surface area (Å²) in [5.41, 5.74) is 4.94. The van der Waals surface area contributed by atoms with Crippen LogP contribution in [0.25, 0.3) is 0 Å². The van der Waals surface area contributed by atoms with Gasteiger partial charge in [-0.15, -0.1) is 0 Å². The summed E-state index contributed by atoms with van der Waals surface area (Å²) < 4.78 is 25.1. The van der Waals surface area contributed by atoms with Crippen LogP contribution in [0, 0.1) is 0 Å². The summed E-state index contributed by atoms with van der Waals surface area (Å²) in [7, 11) is -3.43. The highest BCUT2D eigenvalue weighted by Gasteiger charge is 2.20. The minimum Gasteiger partial charge on any atom is -0.356 e. The van der Waals surface area contributed by atoms with Crippen LogP contribution in [0.15, 0.2) is 47.4 Å². The van der Waals surface area contributed by atoms with Gasteiger partial charge >= 0.3 is 0 Å². The smallest absolute Gasteiger partial charge is 0.221 e. The Morgan fingerprint density at radius 1 is 1.00 bits per heavy atom. The predicted octanol–water partition coefficient (Wildman–Crippen LogP) is 4.00. The lowest BCUT2D eigenvalue weighted by atomic mass is 9.86.